The molecule has 8 heteroatoms. The van der Waals surface area contributed by atoms with Gasteiger partial charge in [-0.25, -0.2) is 14.4 Å². The van der Waals surface area contributed by atoms with Gasteiger partial charge >= 0.3 is 17.9 Å². The topological polar surface area (TPSA) is 108 Å². The molecule has 1 N–H and O–H groups in total. The number of carbonyl (C=O) groups is 3. The second-order valence-electron chi connectivity index (χ2n) is 6.79. The van der Waals surface area contributed by atoms with Crippen molar-refractivity contribution < 1.29 is 38.4 Å². The molecule has 1 atom stereocenters. The highest BCUT2D eigenvalue weighted by Gasteiger charge is 2.35. The second-order valence-corrected chi connectivity index (χ2v) is 6.79. The summed E-state index contributed by atoms with van der Waals surface area (Å²) in [6.45, 7) is 13.5. The van der Waals surface area contributed by atoms with Crippen molar-refractivity contribution in [2.24, 2.45) is 10.8 Å². The Bertz CT molecular complexity index is 553. The van der Waals surface area contributed by atoms with E-state index in [2.05, 4.69) is 19.7 Å². The van der Waals surface area contributed by atoms with E-state index in [1.807, 2.05) is 13.8 Å². The first-order valence-corrected chi connectivity index (χ1v) is 9.32. The number of hydrogen-bond donors (Lipinski definition) is 1. The molecular formula is C21H32O8. The molecule has 29 heavy (non-hydrogen) atoms. The fourth-order valence-electron chi connectivity index (χ4n) is 2.21. The van der Waals surface area contributed by atoms with Crippen molar-refractivity contribution in [3.8, 4) is 0 Å². The van der Waals surface area contributed by atoms with Gasteiger partial charge in [-0.05, 0) is 12.8 Å². The van der Waals surface area contributed by atoms with Crippen molar-refractivity contribution in [3.05, 3.63) is 38.0 Å². The molecule has 0 aliphatic carbocycles. The Morgan fingerprint density at radius 1 is 0.724 bits per heavy atom. The number of rotatable bonds is 16. The van der Waals surface area contributed by atoms with E-state index in [0.29, 0.717) is 12.8 Å². The van der Waals surface area contributed by atoms with Crippen LogP contribution in [0.3, 0.4) is 0 Å². The molecule has 0 bridgehead atoms. The van der Waals surface area contributed by atoms with Crippen molar-refractivity contribution in [2.45, 2.75) is 26.7 Å². The summed E-state index contributed by atoms with van der Waals surface area (Å²) in [6, 6.07) is 0. The van der Waals surface area contributed by atoms with Crippen LogP contribution < -0.4 is 0 Å². The summed E-state index contributed by atoms with van der Waals surface area (Å²) >= 11 is 0. The fourth-order valence-corrected chi connectivity index (χ4v) is 2.21. The zero-order chi connectivity index (χ0) is 22.3. The SMILES string of the molecule is C=CC(=O)OCC(CC)(CO)COCC(CC)(COC(=O)C=C)COC(=O)C=C. The first kappa shape index (κ1) is 26.6. The first-order valence-electron chi connectivity index (χ1n) is 9.32. The molecule has 0 spiro atoms. The van der Waals surface area contributed by atoms with Gasteiger partial charge in [0.15, 0.2) is 0 Å². The number of esters is 3. The lowest BCUT2D eigenvalue weighted by Crippen LogP contribution is -2.41. The Labute approximate surface area is 172 Å². The van der Waals surface area contributed by atoms with Crippen LogP contribution in [-0.4, -0.2) is 62.7 Å². The molecular weight excluding hydrogens is 380 g/mol. The van der Waals surface area contributed by atoms with Crippen molar-refractivity contribution in [1.82, 2.24) is 0 Å². The van der Waals surface area contributed by atoms with Gasteiger partial charge in [0.25, 0.3) is 0 Å². The van der Waals surface area contributed by atoms with Crippen molar-refractivity contribution in [1.29, 1.82) is 0 Å². The lowest BCUT2D eigenvalue weighted by Gasteiger charge is -2.34. The van der Waals surface area contributed by atoms with E-state index >= 15 is 0 Å². The molecule has 164 valence electrons. The van der Waals surface area contributed by atoms with Gasteiger partial charge in [0.05, 0.1) is 30.7 Å². The average molecular weight is 412 g/mol. The van der Waals surface area contributed by atoms with Gasteiger partial charge in [0.2, 0.25) is 0 Å². The van der Waals surface area contributed by atoms with Crippen molar-refractivity contribution >= 4 is 17.9 Å². The molecule has 0 aromatic rings. The highest BCUT2D eigenvalue weighted by atomic mass is 16.6. The molecule has 0 saturated heterocycles. The molecule has 0 aromatic heterocycles. The van der Waals surface area contributed by atoms with Crippen LogP contribution in [0.15, 0.2) is 38.0 Å². The van der Waals surface area contributed by atoms with Gasteiger partial charge in [0, 0.05) is 18.2 Å². The standard InChI is InChI=1S/C21H32O8/c1-6-17(23)27-14-20(9-4,11-22)12-26-13-21(10-5,15-28-18(24)7-2)16-29-19(25)8-3/h6-8,22H,1-3,9-16H2,4-5H3. The Kier molecular flexibility index (Phi) is 12.5. The van der Waals surface area contributed by atoms with Gasteiger partial charge in [-0.3, -0.25) is 0 Å². The van der Waals surface area contributed by atoms with Crippen molar-refractivity contribution in [2.75, 3.05) is 39.6 Å². The lowest BCUT2D eigenvalue weighted by molar-refractivity contribution is -0.154. The maximum Gasteiger partial charge on any atom is 0.330 e. The van der Waals surface area contributed by atoms with Crippen LogP contribution in [0.5, 0.6) is 0 Å². The van der Waals surface area contributed by atoms with Crippen molar-refractivity contribution in [3.63, 3.8) is 0 Å². The van der Waals surface area contributed by atoms with Gasteiger partial charge in [-0.1, -0.05) is 33.6 Å². The molecule has 0 aliphatic heterocycles. The molecule has 0 fully saturated rings. The third-order valence-corrected chi connectivity index (χ3v) is 4.71. The van der Waals surface area contributed by atoms with E-state index in [4.69, 9.17) is 18.9 Å². The molecule has 0 aromatic carbocycles. The summed E-state index contributed by atoms with van der Waals surface area (Å²) in [4.78, 5) is 34.3. The number of aliphatic hydroxyl groups is 1. The third kappa shape index (κ3) is 9.54. The Morgan fingerprint density at radius 2 is 1.07 bits per heavy atom. The zero-order valence-electron chi connectivity index (χ0n) is 17.3. The van der Waals surface area contributed by atoms with E-state index in [1.165, 1.54) is 0 Å². The van der Waals surface area contributed by atoms with E-state index in [0.717, 1.165) is 18.2 Å². The maximum absolute atomic E-state index is 11.5. The second kappa shape index (κ2) is 13.7. The van der Waals surface area contributed by atoms with E-state index in [1.54, 1.807) is 0 Å². The lowest BCUT2D eigenvalue weighted by atomic mass is 9.86. The number of aliphatic hydroxyl groups excluding tert-OH is 1. The normalized spacial score (nSPS) is 12.9. The summed E-state index contributed by atoms with van der Waals surface area (Å²) in [7, 11) is 0. The largest absolute Gasteiger partial charge is 0.462 e. The molecule has 0 aliphatic rings. The molecule has 0 rings (SSSR count). The molecule has 0 radical (unpaired) electrons. The summed E-state index contributed by atoms with van der Waals surface area (Å²) in [5, 5.41) is 9.81. The highest BCUT2D eigenvalue weighted by molar-refractivity contribution is 5.82. The van der Waals surface area contributed by atoms with E-state index in [9.17, 15) is 19.5 Å². The monoisotopic (exact) mass is 412 g/mol. The van der Waals surface area contributed by atoms with Crippen LogP contribution in [0.2, 0.25) is 0 Å². The molecule has 8 nitrogen and oxygen atoms in total. The summed E-state index contributed by atoms with van der Waals surface area (Å²) < 4.78 is 21.2. The Balaban J connectivity index is 5.17. The van der Waals surface area contributed by atoms with Crippen LogP contribution in [0, 0.1) is 10.8 Å². The fraction of sp³-hybridized carbons (Fsp3) is 0.571. The minimum Gasteiger partial charge on any atom is -0.462 e. The Morgan fingerprint density at radius 3 is 1.38 bits per heavy atom. The predicted molar refractivity (Wildman–Crippen MR) is 107 cm³/mol. The third-order valence-electron chi connectivity index (χ3n) is 4.71. The smallest absolute Gasteiger partial charge is 0.330 e. The average Bonchev–Trinajstić information content (AvgIpc) is 2.76. The van der Waals surface area contributed by atoms with Crippen LogP contribution in [0.25, 0.3) is 0 Å². The Hall–Kier alpha value is -2.45. The van der Waals surface area contributed by atoms with Crippen LogP contribution in [-0.2, 0) is 33.3 Å². The minimum absolute atomic E-state index is 0.0408. The van der Waals surface area contributed by atoms with Crippen LogP contribution >= 0.6 is 0 Å². The van der Waals surface area contributed by atoms with Gasteiger partial charge in [-0.15, -0.1) is 0 Å². The van der Waals surface area contributed by atoms with Crippen LogP contribution in [0.4, 0.5) is 0 Å². The summed E-state index contributed by atoms with van der Waals surface area (Å²) in [6.07, 6.45) is 4.09. The highest BCUT2D eigenvalue weighted by Crippen LogP contribution is 2.28. The van der Waals surface area contributed by atoms with Crippen LogP contribution in [0.1, 0.15) is 26.7 Å². The maximum atomic E-state index is 11.5. The van der Waals surface area contributed by atoms with E-state index < -0.39 is 28.7 Å². The molecule has 0 amide bonds. The minimum atomic E-state index is -0.802. The quantitative estimate of drug-likeness (QED) is 0.233. The zero-order valence-corrected chi connectivity index (χ0v) is 17.3. The number of hydrogen-bond acceptors (Lipinski definition) is 8. The molecule has 0 saturated carbocycles. The first-order chi connectivity index (χ1) is 13.8. The number of ether oxygens (including phenoxy) is 4. The summed E-state index contributed by atoms with van der Waals surface area (Å²) in [5.74, 6) is -1.80. The van der Waals surface area contributed by atoms with Gasteiger partial charge in [0.1, 0.15) is 19.8 Å². The predicted octanol–water partition coefficient (Wildman–Crippen LogP) is 1.98. The van der Waals surface area contributed by atoms with Gasteiger partial charge < -0.3 is 24.1 Å². The van der Waals surface area contributed by atoms with Gasteiger partial charge in [-0.2, -0.15) is 0 Å². The number of carbonyl (C=O) groups excluding carboxylic acids is 3. The van der Waals surface area contributed by atoms with E-state index in [-0.39, 0.29) is 39.6 Å². The molecule has 1 unspecified atom stereocenters. The molecule has 0 heterocycles. The summed E-state index contributed by atoms with van der Waals surface area (Å²) in [5.41, 5.74) is -1.60.